The van der Waals surface area contributed by atoms with Gasteiger partial charge in [0.1, 0.15) is 0 Å². The fourth-order valence-electron chi connectivity index (χ4n) is 0.699. The molecule has 0 aliphatic rings. The second-order valence-corrected chi connectivity index (χ2v) is 2.24. The molecule has 9 heavy (non-hydrogen) atoms. The van der Waals surface area contributed by atoms with Crippen molar-refractivity contribution in [2.75, 3.05) is 13.7 Å². The van der Waals surface area contributed by atoms with E-state index in [4.69, 9.17) is 10.1 Å². The molecule has 0 heterocycles. The Morgan fingerprint density at radius 2 is 2.22 bits per heavy atom. The highest BCUT2D eigenvalue weighted by Crippen LogP contribution is 1.99. The van der Waals surface area contributed by atoms with Crippen LogP contribution in [0.25, 0.3) is 0 Å². The average molecular weight is 129 g/mol. The van der Waals surface area contributed by atoms with Crippen molar-refractivity contribution in [3.05, 3.63) is 0 Å². The highest BCUT2D eigenvalue weighted by molar-refractivity contribution is 5.83. The molecule has 0 bridgehead atoms. The molecule has 0 rings (SSSR count). The molecule has 1 atom stereocenters. The zero-order valence-corrected chi connectivity index (χ0v) is 6.40. The van der Waals surface area contributed by atoms with Crippen LogP contribution in [0.5, 0.6) is 0 Å². The van der Waals surface area contributed by atoms with Gasteiger partial charge in [-0.1, -0.05) is 13.8 Å². The van der Waals surface area contributed by atoms with E-state index in [2.05, 4.69) is 0 Å². The van der Waals surface area contributed by atoms with E-state index in [-0.39, 0.29) is 0 Å². The Kier molecular flexibility index (Phi) is 4.32. The van der Waals surface area contributed by atoms with Gasteiger partial charge in [0.05, 0.1) is 6.61 Å². The summed E-state index contributed by atoms with van der Waals surface area (Å²) < 4.78 is 4.89. The van der Waals surface area contributed by atoms with Crippen molar-refractivity contribution in [1.82, 2.24) is 0 Å². The van der Waals surface area contributed by atoms with Gasteiger partial charge in [-0.2, -0.15) is 0 Å². The first-order valence-corrected chi connectivity index (χ1v) is 3.28. The summed E-state index contributed by atoms with van der Waals surface area (Å²) in [5.74, 6) is 0.292. The molecule has 0 fully saturated rings. The number of hydrogen-bond donors (Lipinski definition) is 1. The van der Waals surface area contributed by atoms with Crippen LogP contribution in [0.1, 0.15) is 20.3 Å². The Morgan fingerprint density at radius 3 is 2.56 bits per heavy atom. The van der Waals surface area contributed by atoms with E-state index in [0.717, 1.165) is 12.1 Å². The minimum atomic E-state index is 0.292. The van der Waals surface area contributed by atoms with E-state index in [0.29, 0.717) is 12.5 Å². The van der Waals surface area contributed by atoms with Gasteiger partial charge >= 0.3 is 0 Å². The molecule has 0 aromatic rings. The van der Waals surface area contributed by atoms with Gasteiger partial charge in [0, 0.05) is 18.7 Å². The Morgan fingerprint density at radius 1 is 1.67 bits per heavy atom. The molecule has 2 nitrogen and oxygen atoms in total. The highest BCUT2D eigenvalue weighted by Gasteiger charge is 2.04. The van der Waals surface area contributed by atoms with Gasteiger partial charge in [-0.05, 0) is 6.42 Å². The van der Waals surface area contributed by atoms with Gasteiger partial charge in [-0.25, -0.2) is 0 Å². The van der Waals surface area contributed by atoms with Crippen LogP contribution in [-0.2, 0) is 4.74 Å². The SMILES string of the molecule is CCC(=N)C(C)COC. The fraction of sp³-hybridized carbons (Fsp3) is 0.857. The van der Waals surface area contributed by atoms with E-state index in [1.165, 1.54) is 0 Å². The molecule has 0 aromatic carbocycles. The topological polar surface area (TPSA) is 33.1 Å². The zero-order chi connectivity index (χ0) is 7.28. The monoisotopic (exact) mass is 129 g/mol. The van der Waals surface area contributed by atoms with Crippen molar-refractivity contribution < 1.29 is 4.74 Å². The van der Waals surface area contributed by atoms with E-state index in [1.807, 2.05) is 13.8 Å². The van der Waals surface area contributed by atoms with Crippen molar-refractivity contribution >= 4 is 5.71 Å². The standard InChI is InChI=1S/C7H15NO/c1-4-7(8)6(2)5-9-3/h6,8H,4-5H2,1-3H3. The Balaban J connectivity index is 3.45. The summed E-state index contributed by atoms with van der Waals surface area (Å²) in [6, 6.07) is 0. The maximum Gasteiger partial charge on any atom is 0.0539 e. The lowest BCUT2D eigenvalue weighted by Crippen LogP contribution is -2.13. The Bertz CT molecular complexity index is 90.9. The number of rotatable bonds is 4. The van der Waals surface area contributed by atoms with Gasteiger partial charge in [-0.3, -0.25) is 0 Å². The summed E-state index contributed by atoms with van der Waals surface area (Å²) in [6.07, 6.45) is 0.838. The second kappa shape index (κ2) is 4.50. The lowest BCUT2D eigenvalue weighted by molar-refractivity contribution is 0.181. The quantitative estimate of drug-likeness (QED) is 0.576. The van der Waals surface area contributed by atoms with Crippen molar-refractivity contribution in [2.24, 2.45) is 5.92 Å². The predicted octanol–water partition coefficient (Wildman–Crippen LogP) is 1.70. The van der Waals surface area contributed by atoms with E-state index in [9.17, 15) is 0 Å². The largest absolute Gasteiger partial charge is 0.384 e. The fourth-order valence-corrected chi connectivity index (χ4v) is 0.699. The van der Waals surface area contributed by atoms with Gasteiger partial charge in [0.25, 0.3) is 0 Å². The minimum absolute atomic E-state index is 0.292. The molecule has 2 heteroatoms. The lowest BCUT2D eigenvalue weighted by Gasteiger charge is -2.08. The average Bonchev–Trinajstić information content (AvgIpc) is 1.87. The summed E-state index contributed by atoms with van der Waals surface area (Å²) in [5, 5.41) is 7.37. The number of nitrogens with one attached hydrogen (secondary N) is 1. The number of ether oxygens (including phenoxy) is 1. The first kappa shape index (κ1) is 8.63. The third kappa shape index (κ3) is 3.25. The Labute approximate surface area is 56.7 Å². The molecule has 0 spiro atoms. The lowest BCUT2D eigenvalue weighted by atomic mass is 10.1. The molecular weight excluding hydrogens is 114 g/mol. The third-order valence-corrected chi connectivity index (χ3v) is 1.39. The van der Waals surface area contributed by atoms with Crippen LogP contribution in [0.3, 0.4) is 0 Å². The maximum atomic E-state index is 7.37. The molecule has 0 aromatic heterocycles. The van der Waals surface area contributed by atoms with Crippen LogP contribution < -0.4 is 0 Å². The normalized spacial score (nSPS) is 13.2. The van der Waals surface area contributed by atoms with E-state index >= 15 is 0 Å². The van der Waals surface area contributed by atoms with Crippen molar-refractivity contribution in [3.63, 3.8) is 0 Å². The molecule has 1 unspecified atom stereocenters. The highest BCUT2D eigenvalue weighted by atomic mass is 16.5. The van der Waals surface area contributed by atoms with Crippen LogP contribution >= 0.6 is 0 Å². The smallest absolute Gasteiger partial charge is 0.0539 e. The second-order valence-electron chi connectivity index (χ2n) is 2.24. The minimum Gasteiger partial charge on any atom is -0.384 e. The van der Waals surface area contributed by atoms with Crippen LogP contribution in [0.4, 0.5) is 0 Å². The molecule has 54 valence electrons. The third-order valence-electron chi connectivity index (χ3n) is 1.39. The van der Waals surface area contributed by atoms with Crippen LogP contribution in [0.2, 0.25) is 0 Å². The van der Waals surface area contributed by atoms with Crippen LogP contribution in [0.15, 0.2) is 0 Å². The molecule has 0 amide bonds. The summed E-state index contributed by atoms with van der Waals surface area (Å²) in [4.78, 5) is 0. The molecule has 0 aliphatic carbocycles. The molecule has 0 saturated carbocycles. The first-order valence-electron chi connectivity index (χ1n) is 3.28. The maximum absolute atomic E-state index is 7.37. The van der Waals surface area contributed by atoms with Gasteiger partial charge < -0.3 is 10.1 Å². The van der Waals surface area contributed by atoms with Gasteiger partial charge in [-0.15, -0.1) is 0 Å². The van der Waals surface area contributed by atoms with Crippen LogP contribution in [0, 0.1) is 11.3 Å². The van der Waals surface area contributed by atoms with Gasteiger partial charge in [0.15, 0.2) is 0 Å². The van der Waals surface area contributed by atoms with Crippen molar-refractivity contribution in [1.29, 1.82) is 5.41 Å². The summed E-state index contributed by atoms with van der Waals surface area (Å²) in [5.41, 5.74) is 0.775. The summed E-state index contributed by atoms with van der Waals surface area (Å²) in [7, 11) is 1.67. The number of methoxy groups -OCH3 is 1. The Hall–Kier alpha value is -0.370. The molecule has 0 radical (unpaired) electrons. The van der Waals surface area contributed by atoms with E-state index < -0.39 is 0 Å². The van der Waals surface area contributed by atoms with E-state index in [1.54, 1.807) is 7.11 Å². The summed E-state index contributed by atoms with van der Waals surface area (Å²) >= 11 is 0. The zero-order valence-electron chi connectivity index (χ0n) is 6.40. The van der Waals surface area contributed by atoms with Gasteiger partial charge in [0.2, 0.25) is 0 Å². The first-order chi connectivity index (χ1) is 4.22. The number of hydrogen-bond acceptors (Lipinski definition) is 2. The molecule has 0 saturated heterocycles. The van der Waals surface area contributed by atoms with Crippen molar-refractivity contribution in [2.45, 2.75) is 20.3 Å². The molecular formula is C7H15NO. The van der Waals surface area contributed by atoms with Crippen molar-refractivity contribution in [3.8, 4) is 0 Å². The molecule has 1 N–H and O–H groups in total. The van der Waals surface area contributed by atoms with Crippen LogP contribution in [-0.4, -0.2) is 19.4 Å². The summed E-state index contributed by atoms with van der Waals surface area (Å²) in [6.45, 7) is 4.68. The molecule has 0 aliphatic heterocycles. The predicted molar refractivity (Wildman–Crippen MR) is 39.1 cm³/mol.